The minimum atomic E-state index is -0.328. The summed E-state index contributed by atoms with van der Waals surface area (Å²) < 4.78 is 0. The van der Waals surface area contributed by atoms with Gasteiger partial charge in [-0.3, -0.25) is 9.59 Å². The molecule has 0 aromatic carbocycles. The monoisotopic (exact) mass is 253 g/mol. The van der Waals surface area contributed by atoms with Crippen LogP contribution in [0, 0.1) is 0 Å². The van der Waals surface area contributed by atoms with E-state index in [0.717, 1.165) is 45.1 Å². The predicted molar refractivity (Wildman–Crippen MR) is 68.5 cm³/mol. The first-order chi connectivity index (χ1) is 8.50. The number of rotatable bonds is 4. The van der Waals surface area contributed by atoms with Gasteiger partial charge in [0, 0.05) is 31.0 Å². The molecular weight excluding hydrogens is 230 g/mol. The van der Waals surface area contributed by atoms with Crippen LogP contribution >= 0.6 is 0 Å². The average molecular weight is 253 g/mol. The van der Waals surface area contributed by atoms with Crippen LogP contribution in [0.25, 0.3) is 0 Å². The van der Waals surface area contributed by atoms with Crippen molar-refractivity contribution >= 4 is 11.8 Å². The van der Waals surface area contributed by atoms with Gasteiger partial charge in [0.1, 0.15) is 0 Å². The van der Waals surface area contributed by atoms with Crippen molar-refractivity contribution in [3.8, 4) is 0 Å². The maximum atomic E-state index is 12.3. The van der Waals surface area contributed by atoms with Crippen LogP contribution in [0.4, 0.5) is 0 Å². The van der Waals surface area contributed by atoms with Crippen LogP contribution in [-0.4, -0.2) is 34.8 Å². The van der Waals surface area contributed by atoms with Gasteiger partial charge < -0.3 is 16.4 Å². The van der Waals surface area contributed by atoms with Crippen molar-refractivity contribution in [2.75, 3.05) is 6.54 Å². The van der Waals surface area contributed by atoms with E-state index in [0.29, 0.717) is 6.42 Å². The van der Waals surface area contributed by atoms with Crippen LogP contribution in [0.15, 0.2) is 0 Å². The molecule has 0 bridgehead atoms. The second-order valence-electron chi connectivity index (χ2n) is 5.80. The Kier molecular flexibility index (Phi) is 3.90. The highest BCUT2D eigenvalue weighted by Crippen LogP contribution is 2.33. The minimum Gasteiger partial charge on any atom is -0.370 e. The van der Waals surface area contributed by atoms with Gasteiger partial charge in [-0.25, -0.2) is 0 Å². The summed E-state index contributed by atoms with van der Waals surface area (Å²) in [6, 6.07) is -0.00701. The van der Waals surface area contributed by atoms with Crippen LogP contribution in [0.3, 0.4) is 0 Å². The van der Waals surface area contributed by atoms with Crippen LogP contribution in [-0.2, 0) is 9.59 Å². The van der Waals surface area contributed by atoms with Gasteiger partial charge in [-0.2, -0.15) is 0 Å². The zero-order valence-electron chi connectivity index (χ0n) is 10.9. The Labute approximate surface area is 108 Å². The molecule has 5 nitrogen and oxygen atoms in total. The van der Waals surface area contributed by atoms with E-state index in [1.807, 2.05) is 4.90 Å². The largest absolute Gasteiger partial charge is 0.370 e. The molecule has 4 N–H and O–H groups in total. The summed E-state index contributed by atoms with van der Waals surface area (Å²) in [4.78, 5) is 25.2. The summed E-state index contributed by atoms with van der Waals surface area (Å²) in [7, 11) is 0. The molecule has 2 aliphatic rings. The molecule has 1 aliphatic heterocycles. The summed E-state index contributed by atoms with van der Waals surface area (Å²) in [5.74, 6) is -0.228. The molecule has 0 aromatic rings. The van der Waals surface area contributed by atoms with E-state index in [4.69, 9.17) is 11.5 Å². The zero-order chi connectivity index (χ0) is 13.2. The first-order valence-corrected chi connectivity index (χ1v) is 6.87. The summed E-state index contributed by atoms with van der Waals surface area (Å²) in [6.45, 7) is 0.743. The Morgan fingerprint density at radius 3 is 2.50 bits per heavy atom. The molecule has 0 aromatic heterocycles. The number of likely N-dealkylation sites (tertiary alicyclic amines) is 1. The quantitative estimate of drug-likeness (QED) is 0.765. The lowest BCUT2D eigenvalue weighted by molar-refractivity contribution is -0.137. The van der Waals surface area contributed by atoms with E-state index in [2.05, 4.69) is 0 Å². The lowest BCUT2D eigenvalue weighted by Crippen LogP contribution is -2.53. The standard InChI is InChI=1S/C13H23N3O2/c14-11(17)8-10-4-1-2-7-16(10)12(18)9-13(15)5-3-6-13/h10H,1-9,15H2,(H2,14,17)/t10-/m1/s1. The smallest absolute Gasteiger partial charge is 0.224 e. The van der Waals surface area contributed by atoms with E-state index in [1.54, 1.807) is 0 Å². The van der Waals surface area contributed by atoms with Crippen molar-refractivity contribution in [2.45, 2.75) is 62.9 Å². The van der Waals surface area contributed by atoms with E-state index in [9.17, 15) is 9.59 Å². The Hall–Kier alpha value is -1.10. The molecule has 1 saturated heterocycles. The van der Waals surface area contributed by atoms with E-state index >= 15 is 0 Å². The molecule has 0 spiro atoms. The molecule has 1 saturated carbocycles. The van der Waals surface area contributed by atoms with Gasteiger partial charge in [0.25, 0.3) is 0 Å². The zero-order valence-corrected chi connectivity index (χ0v) is 10.9. The first kappa shape index (κ1) is 13.3. The third kappa shape index (κ3) is 3.02. The lowest BCUT2D eigenvalue weighted by Gasteiger charge is -2.41. The summed E-state index contributed by atoms with van der Waals surface area (Å²) in [6.07, 6.45) is 6.65. The summed E-state index contributed by atoms with van der Waals surface area (Å²) >= 11 is 0. The number of carbonyl (C=O) groups is 2. The summed E-state index contributed by atoms with van der Waals surface area (Å²) in [5.41, 5.74) is 11.1. The predicted octanol–water partition coefficient (Wildman–Crippen LogP) is 0.514. The van der Waals surface area contributed by atoms with Gasteiger partial charge in [0.05, 0.1) is 0 Å². The second kappa shape index (κ2) is 5.26. The number of hydrogen-bond donors (Lipinski definition) is 2. The fourth-order valence-corrected chi connectivity index (χ4v) is 2.98. The van der Waals surface area contributed by atoms with Crippen molar-refractivity contribution in [3.05, 3.63) is 0 Å². The molecule has 2 fully saturated rings. The molecule has 1 aliphatic carbocycles. The maximum absolute atomic E-state index is 12.3. The van der Waals surface area contributed by atoms with Crippen molar-refractivity contribution in [2.24, 2.45) is 11.5 Å². The highest BCUT2D eigenvalue weighted by Gasteiger charge is 2.37. The highest BCUT2D eigenvalue weighted by molar-refractivity contribution is 5.80. The molecular formula is C13H23N3O2. The van der Waals surface area contributed by atoms with Crippen molar-refractivity contribution in [1.82, 2.24) is 4.90 Å². The summed E-state index contributed by atoms with van der Waals surface area (Å²) in [5, 5.41) is 0. The van der Waals surface area contributed by atoms with Crippen molar-refractivity contribution < 1.29 is 9.59 Å². The molecule has 102 valence electrons. The topological polar surface area (TPSA) is 89.4 Å². The first-order valence-electron chi connectivity index (χ1n) is 6.87. The number of piperidine rings is 1. The minimum absolute atomic E-state index is 0.00701. The van der Waals surface area contributed by atoms with Gasteiger partial charge in [-0.05, 0) is 38.5 Å². The fourth-order valence-electron chi connectivity index (χ4n) is 2.98. The number of carbonyl (C=O) groups excluding carboxylic acids is 2. The number of nitrogens with zero attached hydrogens (tertiary/aromatic N) is 1. The molecule has 0 unspecified atom stereocenters. The Bertz CT molecular complexity index is 339. The number of primary amides is 1. The SMILES string of the molecule is NC(=O)C[C@H]1CCCCN1C(=O)CC1(N)CCC1. The van der Waals surface area contributed by atoms with Gasteiger partial charge >= 0.3 is 0 Å². The van der Waals surface area contributed by atoms with E-state index < -0.39 is 0 Å². The molecule has 5 heteroatoms. The van der Waals surface area contributed by atoms with E-state index in [1.165, 1.54) is 0 Å². The maximum Gasteiger partial charge on any atom is 0.224 e. The Balaban J connectivity index is 1.94. The Morgan fingerprint density at radius 1 is 1.22 bits per heavy atom. The molecule has 2 amide bonds. The molecule has 0 radical (unpaired) electrons. The van der Waals surface area contributed by atoms with Gasteiger partial charge in [0.15, 0.2) is 0 Å². The fraction of sp³-hybridized carbons (Fsp3) is 0.846. The lowest BCUT2D eigenvalue weighted by atomic mass is 9.75. The van der Waals surface area contributed by atoms with Crippen LogP contribution in [0.2, 0.25) is 0 Å². The molecule has 1 atom stereocenters. The van der Waals surface area contributed by atoms with Gasteiger partial charge in [0.2, 0.25) is 11.8 Å². The average Bonchev–Trinajstić information content (AvgIpc) is 2.26. The number of nitrogens with two attached hydrogens (primary N) is 2. The molecule has 18 heavy (non-hydrogen) atoms. The third-order valence-electron chi connectivity index (χ3n) is 4.24. The van der Waals surface area contributed by atoms with E-state index in [-0.39, 0.29) is 29.8 Å². The highest BCUT2D eigenvalue weighted by atomic mass is 16.2. The number of amides is 2. The third-order valence-corrected chi connectivity index (χ3v) is 4.24. The van der Waals surface area contributed by atoms with Gasteiger partial charge in [-0.1, -0.05) is 0 Å². The van der Waals surface area contributed by atoms with Gasteiger partial charge in [-0.15, -0.1) is 0 Å². The molecule has 1 heterocycles. The van der Waals surface area contributed by atoms with Crippen LogP contribution in [0.5, 0.6) is 0 Å². The van der Waals surface area contributed by atoms with Crippen molar-refractivity contribution in [1.29, 1.82) is 0 Å². The molecule has 2 rings (SSSR count). The second-order valence-corrected chi connectivity index (χ2v) is 5.80. The Morgan fingerprint density at radius 2 is 1.94 bits per heavy atom. The normalized spacial score (nSPS) is 26.5. The number of hydrogen-bond acceptors (Lipinski definition) is 3. The van der Waals surface area contributed by atoms with Crippen LogP contribution in [0.1, 0.15) is 51.4 Å². The van der Waals surface area contributed by atoms with Crippen LogP contribution < -0.4 is 11.5 Å². The van der Waals surface area contributed by atoms with Crippen molar-refractivity contribution in [3.63, 3.8) is 0 Å².